The number of hydrogen-bond acceptors (Lipinski definition) is 4. The number of halogens is 1. The Morgan fingerprint density at radius 1 is 1.39 bits per heavy atom. The maximum absolute atomic E-state index is 13.2. The Labute approximate surface area is 134 Å². The summed E-state index contributed by atoms with van der Waals surface area (Å²) in [5.41, 5.74) is 1.14. The van der Waals surface area contributed by atoms with Crippen LogP contribution in [-0.2, 0) is 0 Å². The van der Waals surface area contributed by atoms with E-state index in [1.54, 1.807) is 31.2 Å². The molecule has 1 aromatic carbocycles. The van der Waals surface area contributed by atoms with Crippen LogP contribution >= 0.6 is 11.3 Å². The molecule has 0 aliphatic carbocycles. The van der Waals surface area contributed by atoms with Gasteiger partial charge in [0.1, 0.15) is 10.7 Å². The van der Waals surface area contributed by atoms with Crippen molar-refractivity contribution in [3.8, 4) is 0 Å². The average molecular weight is 330 g/mol. The summed E-state index contributed by atoms with van der Waals surface area (Å²) in [5.74, 6) is -1.45. The standard InChI is InChI=1S/C16H11FN2O3S/c1-9-12(6-5-10-3-2-4-11(17)7-10)18-16-19(14(9)20)8-13(23-16)15(21)22/h2-8H,1H3,(H,21,22). The van der Waals surface area contributed by atoms with Gasteiger partial charge in [0.15, 0.2) is 4.96 Å². The Morgan fingerprint density at radius 3 is 2.87 bits per heavy atom. The summed E-state index contributed by atoms with van der Waals surface area (Å²) in [7, 11) is 0. The van der Waals surface area contributed by atoms with Crippen LogP contribution in [0.1, 0.15) is 26.5 Å². The molecule has 0 aliphatic heterocycles. The van der Waals surface area contributed by atoms with Crippen molar-refractivity contribution in [2.45, 2.75) is 6.92 Å². The molecule has 2 heterocycles. The number of carbonyl (C=O) groups is 1. The fourth-order valence-electron chi connectivity index (χ4n) is 2.09. The maximum Gasteiger partial charge on any atom is 0.347 e. The fraction of sp³-hybridized carbons (Fsp3) is 0.0625. The number of carboxylic acid groups (broad SMARTS) is 1. The lowest BCUT2D eigenvalue weighted by Crippen LogP contribution is -2.17. The average Bonchev–Trinajstić information content (AvgIpc) is 2.94. The molecule has 0 spiro atoms. The summed E-state index contributed by atoms with van der Waals surface area (Å²) < 4.78 is 14.4. The normalized spacial score (nSPS) is 11.4. The van der Waals surface area contributed by atoms with E-state index in [0.717, 1.165) is 11.3 Å². The molecule has 0 radical (unpaired) electrons. The summed E-state index contributed by atoms with van der Waals surface area (Å²) in [6.45, 7) is 1.62. The topological polar surface area (TPSA) is 71.7 Å². The lowest BCUT2D eigenvalue weighted by Gasteiger charge is -2.00. The molecule has 3 rings (SSSR count). The zero-order chi connectivity index (χ0) is 16.6. The van der Waals surface area contributed by atoms with Crippen LogP contribution in [0.5, 0.6) is 0 Å². The van der Waals surface area contributed by atoms with Gasteiger partial charge in [-0.15, -0.1) is 0 Å². The number of hydrogen-bond donors (Lipinski definition) is 1. The Balaban J connectivity index is 2.09. The fourth-order valence-corrected chi connectivity index (χ4v) is 2.91. The van der Waals surface area contributed by atoms with E-state index in [1.807, 2.05) is 0 Å². The maximum atomic E-state index is 13.2. The summed E-state index contributed by atoms with van der Waals surface area (Å²) >= 11 is 0.925. The van der Waals surface area contributed by atoms with E-state index in [9.17, 15) is 14.0 Å². The molecular weight excluding hydrogens is 319 g/mol. The number of carboxylic acids is 1. The van der Waals surface area contributed by atoms with Crippen molar-refractivity contribution < 1.29 is 14.3 Å². The highest BCUT2D eigenvalue weighted by molar-refractivity contribution is 7.18. The van der Waals surface area contributed by atoms with Gasteiger partial charge in [0.05, 0.1) is 5.69 Å². The van der Waals surface area contributed by atoms with Crippen molar-refractivity contribution >= 4 is 34.4 Å². The van der Waals surface area contributed by atoms with Gasteiger partial charge in [-0.25, -0.2) is 14.2 Å². The predicted octanol–water partition coefficient (Wildman–Crippen LogP) is 3.07. The van der Waals surface area contributed by atoms with E-state index >= 15 is 0 Å². The minimum absolute atomic E-state index is 0.0419. The molecule has 3 aromatic rings. The molecule has 116 valence electrons. The Hall–Kier alpha value is -2.80. The molecule has 0 unspecified atom stereocenters. The minimum atomic E-state index is -1.10. The van der Waals surface area contributed by atoms with Crippen LogP contribution in [-0.4, -0.2) is 20.5 Å². The lowest BCUT2D eigenvalue weighted by atomic mass is 10.1. The first-order valence-electron chi connectivity index (χ1n) is 6.65. The van der Waals surface area contributed by atoms with E-state index in [2.05, 4.69) is 4.98 Å². The molecule has 2 aromatic heterocycles. The van der Waals surface area contributed by atoms with Gasteiger partial charge in [0.2, 0.25) is 0 Å². The van der Waals surface area contributed by atoms with Gasteiger partial charge in [-0.3, -0.25) is 9.20 Å². The molecule has 0 amide bonds. The van der Waals surface area contributed by atoms with Crippen molar-refractivity contribution in [3.63, 3.8) is 0 Å². The monoisotopic (exact) mass is 330 g/mol. The third-order valence-corrected chi connectivity index (χ3v) is 4.26. The predicted molar refractivity (Wildman–Crippen MR) is 86.4 cm³/mol. The number of aromatic nitrogens is 2. The van der Waals surface area contributed by atoms with E-state index in [1.165, 1.54) is 22.7 Å². The summed E-state index contributed by atoms with van der Waals surface area (Å²) in [4.78, 5) is 28.0. The first-order chi connectivity index (χ1) is 11.0. The molecule has 0 fully saturated rings. The molecule has 0 bridgehead atoms. The number of thiazole rings is 1. The van der Waals surface area contributed by atoms with Crippen molar-refractivity contribution in [2.75, 3.05) is 0 Å². The van der Waals surface area contributed by atoms with E-state index in [4.69, 9.17) is 5.11 Å². The van der Waals surface area contributed by atoms with E-state index in [0.29, 0.717) is 21.8 Å². The zero-order valence-corrected chi connectivity index (χ0v) is 12.8. The highest BCUT2D eigenvalue weighted by atomic mass is 32.1. The smallest absolute Gasteiger partial charge is 0.347 e. The van der Waals surface area contributed by atoms with Crippen molar-refractivity contribution in [3.05, 3.63) is 68.3 Å². The van der Waals surface area contributed by atoms with Crippen molar-refractivity contribution in [1.29, 1.82) is 0 Å². The molecule has 0 aliphatic rings. The Kier molecular flexibility index (Phi) is 3.79. The number of fused-ring (bicyclic) bond motifs is 1. The number of rotatable bonds is 3. The van der Waals surface area contributed by atoms with Crippen LogP contribution in [0, 0.1) is 12.7 Å². The highest BCUT2D eigenvalue weighted by Gasteiger charge is 2.13. The van der Waals surface area contributed by atoms with Crippen LogP contribution < -0.4 is 5.56 Å². The highest BCUT2D eigenvalue weighted by Crippen LogP contribution is 2.17. The number of nitrogens with zero attached hydrogens (tertiary/aromatic N) is 2. The number of benzene rings is 1. The van der Waals surface area contributed by atoms with Crippen molar-refractivity contribution in [1.82, 2.24) is 9.38 Å². The first-order valence-corrected chi connectivity index (χ1v) is 7.47. The van der Waals surface area contributed by atoms with Gasteiger partial charge >= 0.3 is 5.97 Å². The first kappa shape index (κ1) is 15.1. The third kappa shape index (κ3) is 2.91. The largest absolute Gasteiger partial charge is 0.477 e. The summed E-state index contributed by atoms with van der Waals surface area (Å²) in [6, 6.07) is 6.03. The van der Waals surface area contributed by atoms with Gasteiger partial charge in [0.25, 0.3) is 5.56 Å². The third-order valence-electron chi connectivity index (χ3n) is 3.29. The van der Waals surface area contributed by atoms with Crippen LogP contribution in [0.2, 0.25) is 0 Å². The van der Waals surface area contributed by atoms with Gasteiger partial charge in [-0.2, -0.15) is 0 Å². The van der Waals surface area contributed by atoms with Gasteiger partial charge in [-0.05, 0) is 30.7 Å². The molecule has 1 N–H and O–H groups in total. The Bertz CT molecular complexity index is 1000. The second kappa shape index (κ2) is 5.77. The summed E-state index contributed by atoms with van der Waals surface area (Å²) in [6.07, 6.45) is 4.54. The minimum Gasteiger partial charge on any atom is -0.477 e. The quantitative estimate of drug-likeness (QED) is 0.801. The second-order valence-electron chi connectivity index (χ2n) is 4.87. The van der Waals surface area contributed by atoms with Gasteiger partial charge < -0.3 is 5.11 Å². The van der Waals surface area contributed by atoms with E-state index < -0.39 is 5.97 Å². The van der Waals surface area contributed by atoms with Crippen LogP contribution in [0.4, 0.5) is 4.39 Å². The zero-order valence-electron chi connectivity index (χ0n) is 12.0. The molecular formula is C16H11FN2O3S. The molecule has 0 saturated carbocycles. The van der Waals surface area contributed by atoms with Crippen LogP contribution in [0.3, 0.4) is 0 Å². The van der Waals surface area contributed by atoms with Gasteiger partial charge in [0, 0.05) is 11.8 Å². The molecule has 0 atom stereocenters. The van der Waals surface area contributed by atoms with Crippen LogP contribution in [0.15, 0.2) is 35.3 Å². The lowest BCUT2D eigenvalue weighted by molar-refractivity contribution is 0.0701. The number of aromatic carboxylic acids is 1. The molecule has 5 nitrogen and oxygen atoms in total. The SMILES string of the molecule is Cc1c(C=Cc2cccc(F)c2)nc2sc(C(=O)O)cn2c1=O. The molecule has 7 heteroatoms. The molecule has 0 saturated heterocycles. The second-order valence-corrected chi connectivity index (χ2v) is 5.88. The summed E-state index contributed by atoms with van der Waals surface area (Å²) in [5, 5.41) is 9.01. The Morgan fingerprint density at radius 2 is 2.17 bits per heavy atom. The van der Waals surface area contributed by atoms with Gasteiger partial charge in [-0.1, -0.05) is 29.5 Å². The van der Waals surface area contributed by atoms with Crippen LogP contribution in [0.25, 0.3) is 17.1 Å². The molecule has 23 heavy (non-hydrogen) atoms. The van der Waals surface area contributed by atoms with Crippen molar-refractivity contribution in [2.24, 2.45) is 0 Å². The van der Waals surface area contributed by atoms with E-state index in [-0.39, 0.29) is 16.3 Å².